The molecule has 7 nitrogen and oxygen atoms in total. The van der Waals surface area contributed by atoms with Crippen molar-refractivity contribution < 1.29 is 14.5 Å². The number of alkyl carbamates (subject to hydrolysis) is 1. The van der Waals surface area contributed by atoms with Crippen LogP contribution in [0.5, 0.6) is 0 Å². The van der Waals surface area contributed by atoms with E-state index in [0.717, 1.165) is 23.1 Å². The molecule has 1 aromatic heterocycles. The van der Waals surface area contributed by atoms with Gasteiger partial charge >= 0.3 is 11.1 Å². The molecule has 0 aliphatic carbocycles. The minimum Gasteiger partial charge on any atom is -0.445 e. The second-order valence-corrected chi connectivity index (χ2v) is 4.99. The van der Waals surface area contributed by atoms with Gasteiger partial charge in [-0.25, -0.2) is 9.78 Å². The van der Waals surface area contributed by atoms with Gasteiger partial charge in [0.15, 0.2) is 5.01 Å². The molecular weight excluding hydrogens is 306 g/mol. The summed E-state index contributed by atoms with van der Waals surface area (Å²) in [4.78, 5) is 25.2. The molecule has 0 spiro atoms. The zero-order chi connectivity index (χ0) is 15.8. The van der Waals surface area contributed by atoms with Crippen molar-refractivity contribution in [2.24, 2.45) is 0 Å². The molecule has 0 saturated heterocycles. The molecule has 1 aromatic carbocycles. The summed E-state index contributed by atoms with van der Waals surface area (Å²) in [5, 5.41) is 13.2. The van der Waals surface area contributed by atoms with Gasteiger partial charge < -0.3 is 10.1 Å². The number of ether oxygens (including phenoxy) is 1. The lowest BCUT2D eigenvalue weighted by molar-refractivity contribution is -0.380. The zero-order valence-electron chi connectivity index (χ0n) is 11.3. The van der Waals surface area contributed by atoms with Gasteiger partial charge in [-0.15, -0.1) is 0 Å². The fourth-order valence-corrected chi connectivity index (χ4v) is 2.02. The number of benzene rings is 1. The number of amides is 1. The van der Waals surface area contributed by atoms with Crippen LogP contribution in [0.25, 0.3) is 0 Å². The highest BCUT2D eigenvalue weighted by Gasteiger charge is 2.09. The average molecular weight is 317 g/mol. The van der Waals surface area contributed by atoms with Crippen LogP contribution >= 0.6 is 11.3 Å². The Kier molecular flexibility index (Phi) is 5.45. The number of nitrogens with one attached hydrogen (secondary N) is 1. The summed E-state index contributed by atoms with van der Waals surface area (Å²) >= 11 is 0.880. The Morgan fingerprint density at radius 1 is 1.41 bits per heavy atom. The fourth-order valence-electron chi connectivity index (χ4n) is 1.42. The molecule has 8 heteroatoms. The molecule has 2 rings (SSSR count). The van der Waals surface area contributed by atoms with Crippen LogP contribution in [0.2, 0.25) is 0 Å². The summed E-state index contributed by atoms with van der Waals surface area (Å²) in [6, 6.07) is 9.29. The van der Waals surface area contributed by atoms with E-state index in [1.807, 2.05) is 30.3 Å². The number of rotatable bonds is 4. The van der Waals surface area contributed by atoms with Gasteiger partial charge in [0.25, 0.3) is 0 Å². The summed E-state index contributed by atoms with van der Waals surface area (Å²) in [6.45, 7) is 0.250. The molecule has 0 fully saturated rings. The molecule has 0 atom stereocenters. The standard InChI is InChI=1S/C14H11N3O4S/c18-14(21-10-11-5-2-1-3-6-11)15-8-4-7-12-16-9-13(22-12)17(19)20/h1-3,5-6,9H,8,10H2,(H,15,18). The SMILES string of the molecule is O=C(NCC#Cc1ncc([N+](=O)[O-])s1)OCc1ccccc1. The van der Waals surface area contributed by atoms with Crippen molar-refractivity contribution in [3.05, 3.63) is 57.2 Å². The molecule has 0 bridgehead atoms. The third-order valence-corrected chi connectivity index (χ3v) is 3.27. The van der Waals surface area contributed by atoms with E-state index in [4.69, 9.17) is 4.74 Å². The van der Waals surface area contributed by atoms with Crippen molar-refractivity contribution in [3.8, 4) is 11.8 Å². The van der Waals surface area contributed by atoms with Gasteiger partial charge in [0.05, 0.1) is 11.5 Å². The maximum atomic E-state index is 11.4. The van der Waals surface area contributed by atoms with Gasteiger partial charge in [-0.1, -0.05) is 36.3 Å². The van der Waals surface area contributed by atoms with E-state index >= 15 is 0 Å². The van der Waals surface area contributed by atoms with Crippen LogP contribution in [0.1, 0.15) is 10.6 Å². The Bertz CT molecular complexity index is 718. The van der Waals surface area contributed by atoms with E-state index in [0.29, 0.717) is 5.01 Å². The van der Waals surface area contributed by atoms with Gasteiger partial charge in [-0.3, -0.25) is 10.1 Å². The normalized spacial score (nSPS) is 9.45. The first kappa shape index (κ1) is 15.5. The molecule has 112 valence electrons. The molecule has 0 saturated carbocycles. The summed E-state index contributed by atoms with van der Waals surface area (Å²) in [5.41, 5.74) is 0.888. The third kappa shape index (κ3) is 4.88. The largest absolute Gasteiger partial charge is 0.445 e. The Morgan fingerprint density at radius 2 is 2.18 bits per heavy atom. The summed E-state index contributed by atoms with van der Waals surface area (Å²) < 4.78 is 5.00. The average Bonchev–Trinajstić information content (AvgIpc) is 3.00. The van der Waals surface area contributed by atoms with Crippen LogP contribution in [0, 0.1) is 22.0 Å². The number of nitro groups is 1. The van der Waals surface area contributed by atoms with E-state index in [9.17, 15) is 14.9 Å². The highest BCUT2D eigenvalue weighted by molar-refractivity contribution is 7.15. The highest BCUT2D eigenvalue weighted by atomic mass is 32.1. The number of hydrogen-bond acceptors (Lipinski definition) is 6. The maximum Gasteiger partial charge on any atom is 0.408 e. The van der Waals surface area contributed by atoms with Crippen molar-refractivity contribution in [2.75, 3.05) is 6.54 Å². The van der Waals surface area contributed by atoms with Crippen molar-refractivity contribution >= 4 is 22.4 Å². The quantitative estimate of drug-likeness (QED) is 0.530. The predicted molar refractivity (Wildman–Crippen MR) is 80.3 cm³/mol. The first-order valence-electron chi connectivity index (χ1n) is 6.19. The lowest BCUT2D eigenvalue weighted by Crippen LogP contribution is -2.24. The topological polar surface area (TPSA) is 94.4 Å². The summed E-state index contributed by atoms with van der Waals surface area (Å²) in [6.07, 6.45) is 0.569. The van der Waals surface area contributed by atoms with Crippen LogP contribution < -0.4 is 5.32 Å². The fraction of sp³-hybridized carbons (Fsp3) is 0.143. The number of carbonyl (C=O) groups is 1. The maximum absolute atomic E-state index is 11.4. The predicted octanol–water partition coefficient (Wildman–Crippen LogP) is 2.33. The summed E-state index contributed by atoms with van der Waals surface area (Å²) in [7, 11) is 0. The second kappa shape index (κ2) is 7.75. The third-order valence-electron chi connectivity index (χ3n) is 2.40. The lowest BCUT2D eigenvalue weighted by atomic mass is 10.2. The number of nitrogens with zero attached hydrogens (tertiary/aromatic N) is 2. The molecular formula is C14H11N3O4S. The van der Waals surface area contributed by atoms with Gasteiger partial charge in [0, 0.05) is 0 Å². The minimum absolute atomic E-state index is 0.0699. The van der Waals surface area contributed by atoms with Crippen molar-refractivity contribution in [1.29, 1.82) is 0 Å². The van der Waals surface area contributed by atoms with Crippen molar-refractivity contribution in [2.45, 2.75) is 6.61 Å². The zero-order valence-corrected chi connectivity index (χ0v) is 12.1. The first-order chi connectivity index (χ1) is 10.6. The second-order valence-electron chi connectivity index (χ2n) is 3.98. The molecule has 1 amide bonds. The van der Waals surface area contributed by atoms with Crippen LogP contribution in [0.15, 0.2) is 36.5 Å². The molecule has 1 heterocycles. The molecule has 0 radical (unpaired) electrons. The Balaban J connectivity index is 1.73. The van der Waals surface area contributed by atoms with E-state index in [1.165, 1.54) is 0 Å². The molecule has 2 aromatic rings. The van der Waals surface area contributed by atoms with Crippen LogP contribution in [-0.2, 0) is 11.3 Å². The van der Waals surface area contributed by atoms with Crippen LogP contribution in [0.4, 0.5) is 9.80 Å². The van der Waals surface area contributed by atoms with Gasteiger partial charge in [0.1, 0.15) is 12.8 Å². The lowest BCUT2D eigenvalue weighted by Gasteiger charge is -2.04. The minimum atomic E-state index is -0.580. The number of carbonyl (C=O) groups excluding carboxylic acids is 1. The van der Waals surface area contributed by atoms with Gasteiger partial charge in [-0.2, -0.15) is 0 Å². The number of aromatic nitrogens is 1. The van der Waals surface area contributed by atoms with Crippen LogP contribution in [-0.4, -0.2) is 22.5 Å². The van der Waals surface area contributed by atoms with E-state index < -0.39 is 11.0 Å². The molecule has 0 unspecified atom stereocenters. The summed E-state index contributed by atoms with van der Waals surface area (Å²) in [5.74, 6) is 5.28. The van der Waals surface area contributed by atoms with Gasteiger partial charge in [-0.05, 0) is 22.8 Å². The molecule has 0 aliphatic heterocycles. The van der Waals surface area contributed by atoms with E-state index in [1.54, 1.807) is 0 Å². The number of thiazole rings is 1. The smallest absolute Gasteiger partial charge is 0.408 e. The Morgan fingerprint density at radius 3 is 2.86 bits per heavy atom. The first-order valence-corrected chi connectivity index (χ1v) is 7.00. The van der Waals surface area contributed by atoms with Crippen LogP contribution in [0.3, 0.4) is 0 Å². The monoisotopic (exact) mass is 317 g/mol. The van der Waals surface area contributed by atoms with Gasteiger partial charge in [0.2, 0.25) is 0 Å². The highest BCUT2D eigenvalue weighted by Crippen LogP contribution is 2.19. The van der Waals surface area contributed by atoms with E-state index in [-0.39, 0.29) is 18.2 Å². The number of hydrogen-bond donors (Lipinski definition) is 1. The molecule has 1 N–H and O–H groups in total. The Hall–Kier alpha value is -2.92. The molecule has 22 heavy (non-hydrogen) atoms. The van der Waals surface area contributed by atoms with E-state index in [2.05, 4.69) is 22.1 Å². The molecule has 0 aliphatic rings. The van der Waals surface area contributed by atoms with Crippen molar-refractivity contribution in [1.82, 2.24) is 10.3 Å². The Labute approximate surface area is 130 Å². The van der Waals surface area contributed by atoms with Crippen molar-refractivity contribution in [3.63, 3.8) is 0 Å².